The summed E-state index contributed by atoms with van der Waals surface area (Å²) in [5.74, 6) is 0. The lowest BCUT2D eigenvalue weighted by atomic mass is 9.82. The van der Waals surface area contributed by atoms with Crippen molar-refractivity contribution in [3.63, 3.8) is 0 Å². The standard InChI is InChI=1S/C52H34/c1-3-13-35(14-4-1)42-28-30-48-49(33-42)51(44-22-11-21-40(32-44)41-26-25-37-17-7-8-19-39(37)31-41)47-29-27-43(36-15-5-2-6-16-36)34-50(47)52(48)46-24-12-20-38-18-9-10-23-45(38)46/h1-34H. The summed E-state index contributed by atoms with van der Waals surface area (Å²) in [7, 11) is 0. The van der Waals surface area contributed by atoms with Gasteiger partial charge in [-0.3, -0.25) is 0 Å². The van der Waals surface area contributed by atoms with Crippen LogP contribution in [0.5, 0.6) is 0 Å². The van der Waals surface area contributed by atoms with E-state index < -0.39 is 0 Å². The van der Waals surface area contributed by atoms with E-state index in [1.54, 1.807) is 0 Å². The Hall–Kier alpha value is -6.76. The van der Waals surface area contributed by atoms with Crippen molar-refractivity contribution in [3.8, 4) is 55.6 Å². The third-order valence-corrected chi connectivity index (χ3v) is 10.6. The largest absolute Gasteiger partial charge is 0.0622 e. The van der Waals surface area contributed by atoms with Crippen molar-refractivity contribution >= 4 is 43.1 Å². The van der Waals surface area contributed by atoms with Crippen molar-refractivity contribution in [2.75, 3.05) is 0 Å². The summed E-state index contributed by atoms with van der Waals surface area (Å²) in [6.07, 6.45) is 0. The van der Waals surface area contributed by atoms with Crippen LogP contribution < -0.4 is 0 Å². The minimum absolute atomic E-state index is 1.21. The summed E-state index contributed by atoms with van der Waals surface area (Å²) in [5, 5.41) is 10.0. The highest BCUT2D eigenvalue weighted by atomic mass is 14.2. The van der Waals surface area contributed by atoms with E-state index in [4.69, 9.17) is 0 Å². The molecule has 10 rings (SSSR count). The Balaban J connectivity index is 1.32. The van der Waals surface area contributed by atoms with Gasteiger partial charge in [0, 0.05) is 0 Å². The molecule has 0 atom stereocenters. The van der Waals surface area contributed by atoms with Crippen molar-refractivity contribution in [1.82, 2.24) is 0 Å². The fraction of sp³-hybridized carbons (Fsp3) is 0. The molecule has 0 fully saturated rings. The lowest BCUT2D eigenvalue weighted by Gasteiger charge is -2.21. The Morgan fingerprint density at radius 2 is 0.673 bits per heavy atom. The molecular weight excluding hydrogens is 625 g/mol. The summed E-state index contributed by atoms with van der Waals surface area (Å²) in [4.78, 5) is 0. The van der Waals surface area contributed by atoms with Crippen molar-refractivity contribution in [2.45, 2.75) is 0 Å². The first-order valence-corrected chi connectivity index (χ1v) is 18.0. The molecule has 0 bridgehead atoms. The fourth-order valence-corrected chi connectivity index (χ4v) is 8.12. The van der Waals surface area contributed by atoms with Crippen LogP contribution in [0.3, 0.4) is 0 Å². The molecule has 0 aliphatic heterocycles. The van der Waals surface area contributed by atoms with Crippen LogP contribution in [0.15, 0.2) is 206 Å². The third-order valence-electron chi connectivity index (χ3n) is 10.6. The first-order valence-electron chi connectivity index (χ1n) is 18.0. The quantitative estimate of drug-likeness (QED) is 0.161. The predicted molar refractivity (Wildman–Crippen MR) is 224 cm³/mol. The van der Waals surface area contributed by atoms with Gasteiger partial charge in [-0.1, -0.05) is 182 Å². The topological polar surface area (TPSA) is 0 Å². The molecule has 0 aliphatic rings. The van der Waals surface area contributed by atoms with Gasteiger partial charge in [0.2, 0.25) is 0 Å². The van der Waals surface area contributed by atoms with E-state index >= 15 is 0 Å². The van der Waals surface area contributed by atoms with Gasteiger partial charge in [-0.25, -0.2) is 0 Å². The summed E-state index contributed by atoms with van der Waals surface area (Å²) in [5.41, 5.74) is 12.3. The van der Waals surface area contributed by atoms with Gasteiger partial charge in [0.15, 0.2) is 0 Å². The molecule has 0 amide bonds. The molecule has 0 heteroatoms. The highest BCUT2D eigenvalue weighted by Gasteiger charge is 2.20. The Kier molecular flexibility index (Phi) is 7.25. The number of rotatable bonds is 5. The third kappa shape index (κ3) is 5.16. The van der Waals surface area contributed by atoms with E-state index in [1.807, 2.05) is 0 Å². The minimum Gasteiger partial charge on any atom is -0.0622 e. The molecule has 242 valence electrons. The van der Waals surface area contributed by atoms with Crippen molar-refractivity contribution < 1.29 is 0 Å². The van der Waals surface area contributed by atoms with E-state index in [-0.39, 0.29) is 0 Å². The maximum atomic E-state index is 2.42. The molecule has 52 heavy (non-hydrogen) atoms. The molecule has 0 nitrogen and oxygen atoms in total. The van der Waals surface area contributed by atoms with Crippen LogP contribution in [0.4, 0.5) is 0 Å². The van der Waals surface area contributed by atoms with E-state index in [0.29, 0.717) is 0 Å². The van der Waals surface area contributed by atoms with Crippen molar-refractivity contribution in [2.24, 2.45) is 0 Å². The van der Waals surface area contributed by atoms with Crippen molar-refractivity contribution in [1.29, 1.82) is 0 Å². The second-order valence-corrected chi connectivity index (χ2v) is 13.7. The normalized spacial score (nSPS) is 11.5. The second-order valence-electron chi connectivity index (χ2n) is 13.7. The lowest BCUT2D eigenvalue weighted by molar-refractivity contribution is 1.61. The molecule has 0 saturated carbocycles. The minimum atomic E-state index is 1.21. The second kappa shape index (κ2) is 12.5. The summed E-state index contributed by atoms with van der Waals surface area (Å²) >= 11 is 0. The first-order chi connectivity index (χ1) is 25.8. The van der Waals surface area contributed by atoms with Crippen LogP contribution in [-0.2, 0) is 0 Å². The zero-order valence-corrected chi connectivity index (χ0v) is 28.6. The smallest absolute Gasteiger partial charge is 0.00199 e. The van der Waals surface area contributed by atoms with Crippen LogP contribution in [0.2, 0.25) is 0 Å². The first kappa shape index (κ1) is 30.1. The van der Waals surface area contributed by atoms with Crippen LogP contribution in [0.25, 0.3) is 98.7 Å². The van der Waals surface area contributed by atoms with Gasteiger partial charge in [0.05, 0.1) is 0 Å². The predicted octanol–water partition coefficient (Wildman–Crippen LogP) is 14.6. The van der Waals surface area contributed by atoms with Crippen LogP contribution in [0.1, 0.15) is 0 Å². The molecular formula is C52H34. The van der Waals surface area contributed by atoms with E-state index in [2.05, 4.69) is 206 Å². The molecule has 0 heterocycles. The highest BCUT2D eigenvalue weighted by molar-refractivity contribution is 6.24. The van der Waals surface area contributed by atoms with Crippen LogP contribution >= 0.6 is 0 Å². The molecule has 0 N–H and O–H groups in total. The zero-order chi connectivity index (χ0) is 34.4. The Morgan fingerprint density at radius 1 is 0.192 bits per heavy atom. The van der Waals surface area contributed by atoms with E-state index in [1.165, 1.54) is 98.7 Å². The molecule has 0 spiro atoms. The van der Waals surface area contributed by atoms with Gasteiger partial charge in [-0.05, 0) is 123 Å². The van der Waals surface area contributed by atoms with Gasteiger partial charge < -0.3 is 0 Å². The SMILES string of the molecule is c1ccc(-c2ccc3c(-c4cccc5ccccc45)c4cc(-c5ccccc5)ccc4c(-c4cccc(-c5ccc6ccccc6c5)c4)c3c2)cc1. The molecule has 0 aromatic heterocycles. The number of hydrogen-bond acceptors (Lipinski definition) is 0. The summed E-state index contributed by atoms with van der Waals surface area (Å²) in [6.45, 7) is 0. The maximum absolute atomic E-state index is 2.42. The highest BCUT2D eigenvalue weighted by Crippen LogP contribution is 2.47. The molecule has 0 saturated heterocycles. The number of benzene rings is 10. The van der Waals surface area contributed by atoms with E-state index in [9.17, 15) is 0 Å². The van der Waals surface area contributed by atoms with Crippen LogP contribution in [0, 0.1) is 0 Å². The van der Waals surface area contributed by atoms with Gasteiger partial charge in [-0.2, -0.15) is 0 Å². The summed E-state index contributed by atoms with van der Waals surface area (Å²) < 4.78 is 0. The summed E-state index contributed by atoms with van der Waals surface area (Å²) in [6, 6.07) is 75.7. The van der Waals surface area contributed by atoms with Gasteiger partial charge in [0.25, 0.3) is 0 Å². The van der Waals surface area contributed by atoms with Gasteiger partial charge >= 0.3 is 0 Å². The van der Waals surface area contributed by atoms with Gasteiger partial charge in [-0.15, -0.1) is 0 Å². The van der Waals surface area contributed by atoms with Crippen molar-refractivity contribution in [3.05, 3.63) is 206 Å². The molecule has 0 unspecified atom stereocenters. The Labute approximate surface area is 303 Å². The maximum Gasteiger partial charge on any atom is -0.00199 e. The zero-order valence-electron chi connectivity index (χ0n) is 28.6. The molecule has 0 aliphatic carbocycles. The van der Waals surface area contributed by atoms with Gasteiger partial charge in [0.1, 0.15) is 0 Å². The fourth-order valence-electron chi connectivity index (χ4n) is 8.12. The van der Waals surface area contributed by atoms with Crippen LogP contribution in [-0.4, -0.2) is 0 Å². The Morgan fingerprint density at radius 3 is 1.40 bits per heavy atom. The lowest BCUT2D eigenvalue weighted by Crippen LogP contribution is -1.93. The molecule has 10 aromatic carbocycles. The average Bonchev–Trinajstić information content (AvgIpc) is 3.22. The number of fused-ring (bicyclic) bond motifs is 4. The number of hydrogen-bond donors (Lipinski definition) is 0. The molecule has 0 radical (unpaired) electrons. The monoisotopic (exact) mass is 658 g/mol. The average molecular weight is 659 g/mol. The molecule has 10 aromatic rings. The Bertz CT molecular complexity index is 2930. The van der Waals surface area contributed by atoms with E-state index in [0.717, 1.165) is 0 Å².